The molecule has 0 unspecified atom stereocenters. The summed E-state index contributed by atoms with van der Waals surface area (Å²) < 4.78 is 0. The molecule has 0 spiro atoms. The molecule has 0 saturated heterocycles. The van der Waals surface area contributed by atoms with Gasteiger partial charge in [-0.1, -0.05) is 43.7 Å². The summed E-state index contributed by atoms with van der Waals surface area (Å²) in [5.41, 5.74) is 3.50. The van der Waals surface area contributed by atoms with Crippen LogP contribution in [0, 0.1) is 23.2 Å². The topological polar surface area (TPSA) is 60.7 Å². The first kappa shape index (κ1) is 23.8. The number of hydrogen-bond acceptors (Lipinski definition) is 3. The van der Waals surface area contributed by atoms with Gasteiger partial charge in [-0.05, 0) is 107 Å². The second-order valence-electron chi connectivity index (χ2n) is 11.3. The lowest BCUT2D eigenvalue weighted by Crippen LogP contribution is -2.39. The molecule has 0 bridgehead atoms. The molecule has 3 heteroatoms. The van der Waals surface area contributed by atoms with Crippen LogP contribution in [0.4, 0.5) is 0 Å². The zero-order chi connectivity index (χ0) is 22.1. The van der Waals surface area contributed by atoms with Crippen LogP contribution in [0.15, 0.2) is 35.5 Å². The first-order chi connectivity index (χ1) is 14.0. The van der Waals surface area contributed by atoms with Crippen LogP contribution >= 0.6 is 0 Å². The number of aliphatic hydroxyl groups excluding tert-OH is 2. The zero-order valence-corrected chi connectivity index (χ0v) is 19.7. The monoisotopic (exact) mass is 416 g/mol. The quantitative estimate of drug-likeness (QED) is 0.520. The van der Waals surface area contributed by atoms with Crippen molar-refractivity contribution in [2.75, 3.05) is 0 Å². The average Bonchev–Trinajstić information content (AvgIpc) is 3.03. The standard InChI is InChI=1S/C27H44O3/c1-18-8-11-22(28)17-21(18)10-9-20-7-6-15-27(5)23(12-13-24(20)27)19(2)25(29)14-16-26(3,4)30/h9-10,19,22-25,28-30H,1,6-8,11-17H2,2-5H3/b20-9+,21-10+/t19-,22-,23+,24-,25-,27+/m0/s1. The first-order valence-electron chi connectivity index (χ1n) is 12.2. The summed E-state index contributed by atoms with van der Waals surface area (Å²) in [5.74, 6) is 1.38. The summed E-state index contributed by atoms with van der Waals surface area (Å²) in [5, 5.41) is 30.9. The van der Waals surface area contributed by atoms with E-state index in [1.807, 2.05) is 13.8 Å². The Balaban J connectivity index is 1.72. The molecule has 3 aliphatic rings. The molecular formula is C27H44O3. The van der Waals surface area contributed by atoms with Gasteiger partial charge in [0.05, 0.1) is 17.8 Å². The molecular weight excluding hydrogens is 372 g/mol. The van der Waals surface area contributed by atoms with E-state index in [0.717, 1.165) is 19.3 Å². The SMILES string of the molecule is C=C1CC[C@H](O)C/C1=C\C=C1/CCC[C@]2(C)[C@@H]([C@H](C)[C@@H](O)CCC(C)(C)O)CC[C@@H]12. The Labute approximate surface area is 184 Å². The van der Waals surface area contributed by atoms with Crippen LogP contribution in [0.1, 0.15) is 91.9 Å². The average molecular weight is 417 g/mol. The van der Waals surface area contributed by atoms with Crippen molar-refractivity contribution in [2.45, 2.75) is 110 Å². The molecule has 3 nitrogen and oxygen atoms in total. The summed E-state index contributed by atoms with van der Waals surface area (Å²) in [6.07, 6.45) is 13.8. The number of aliphatic hydroxyl groups is 3. The maximum absolute atomic E-state index is 10.9. The van der Waals surface area contributed by atoms with E-state index in [4.69, 9.17) is 0 Å². The van der Waals surface area contributed by atoms with Gasteiger partial charge in [-0.15, -0.1) is 0 Å². The minimum absolute atomic E-state index is 0.223. The predicted octanol–water partition coefficient (Wildman–Crippen LogP) is 5.70. The lowest BCUT2D eigenvalue weighted by molar-refractivity contribution is -0.00259. The Kier molecular flexibility index (Phi) is 7.37. The van der Waals surface area contributed by atoms with Gasteiger partial charge < -0.3 is 15.3 Å². The van der Waals surface area contributed by atoms with Gasteiger partial charge in [0.25, 0.3) is 0 Å². The molecule has 3 N–H and O–H groups in total. The fraction of sp³-hybridized carbons (Fsp3) is 0.778. The van der Waals surface area contributed by atoms with E-state index >= 15 is 0 Å². The maximum Gasteiger partial charge on any atom is 0.0592 e. The number of rotatable bonds is 6. The largest absolute Gasteiger partial charge is 0.393 e. The van der Waals surface area contributed by atoms with Crippen molar-refractivity contribution in [2.24, 2.45) is 23.2 Å². The molecule has 6 atom stereocenters. The van der Waals surface area contributed by atoms with Crippen molar-refractivity contribution in [3.63, 3.8) is 0 Å². The van der Waals surface area contributed by atoms with E-state index in [-0.39, 0.29) is 23.5 Å². The second-order valence-corrected chi connectivity index (χ2v) is 11.3. The van der Waals surface area contributed by atoms with Gasteiger partial charge in [-0.25, -0.2) is 0 Å². The zero-order valence-electron chi connectivity index (χ0n) is 19.7. The fourth-order valence-corrected chi connectivity index (χ4v) is 6.57. The second kappa shape index (κ2) is 9.30. The van der Waals surface area contributed by atoms with Crippen molar-refractivity contribution in [3.8, 4) is 0 Å². The molecule has 0 aliphatic heterocycles. The Hall–Kier alpha value is -0.900. The summed E-state index contributed by atoms with van der Waals surface area (Å²) in [7, 11) is 0. The molecule has 170 valence electrons. The summed E-state index contributed by atoms with van der Waals surface area (Å²) >= 11 is 0. The lowest BCUT2D eigenvalue weighted by atomic mass is 9.60. The van der Waals surface area contributed by atoms with E-state index in [1.54, 1.807) is 5.57 Å². The molecule has 30 heavy (non-hydrogen) atoms. The minimum Gasteiger partial charge on any atom is -0.393 e. The number of allylic oxidation sites excluding steroid dienone is 4. The van der Waals surface area contributed by atoms with E-state index < -0.39 is 5.60 Å². The van der Waals surface area contributed by atoms with E-state index in [9.17, 15) is 15.3 Å². The fourth-order valence-electron chi connectivity index (χ4n) is 6.57. The molecule has 0 amide bonds. The summed E-state index contributed by atoms with van der Waals surface area (Å²) in [6.45, 7) is 12.5. The molecule has 0 aromatic rings. The summed E-state index contributed by atoms with van der Waals surface area (Å²) in [6, 6.07) is 0. The van der Waals surface area contributed by atoms with Gasteiger partial charge >= 0.3 is 0 Å². The van der Waals surface area contributed by atoms with Crippen LogP contribution in [0.2, 0.25) is 0 Å². The lowest BCUT2D eigenvalue weighted by Gasteiger charge is -2.45. The highest BCUT2D eigenvalue weighted by Crippen LogP contribution is 2.60. The third-order valence-electron chi connectivity index (χ3n) is 8.52. The molecule has 3 rings (SSSR count). The smallest absolute Gasteiger partial charge is 0.0592 e. The molecule has 0 aromatic heterocycles. The molecule has 0 heterocycles. The van der Waals surface area contributed by atoms with Crippen LogP contribution in [0.25, 0.3) is 0 Å². The third-order valence-corrected chi connectivity index (χ3v) is 8.52. The highest BCUT2D eigenvalue weighted by Gasteiger charge is 2.51. The van der Waals surface area contributed by atoms with Crippen molar-refractivity contribution in [1.29, 1.82) is 0 Å². The van der Waals surface area contributed by atoms with Gasteiger partial charge in [-0.3, -0.25) is 0 Å². The van der Waals surface area contributed by atoms with E-state index in [1.165, 1.54) is 43.3 Å². The first-order valence-corrected chi connectivity index (χ1v) is 12.2. The molecule has 3 saturated carbocycles. The van der Waals surface area contributed by atoms with Crippen molar-refractivity contribution >= 4 is 0 Å². The molecule has 0 radical (unpaired) electrons. The Morgan fingerprint density at radius 1 is 1.20 bits per heavy atom. The predicted molar refractivity (Wildman–Crippen MR) is 124 cm³/mol. The number of hydrogen-bond donors (Lipinski definition) is 3. The minimum atomic E-state index is -0.715. The Morgan fingerprint density at radius 2 is 1.93 bits per heavy atom. The Morgan fingerprint density at radius 3 is 2.63 bits per heavy atom. The van der Waals surface area contributed by atoms with E-state index in [2.05, 4.69) is 32.6 Å². The van der Waals surface area contributed by atoms with Crippen LogP contribution in [0.5, 0.6) is 0 Å². The van der Waals surface area contributed by atoms with Crippen molar-refractivity contribution in [3.05, 3.63) is 35.5 Å². The molecule has 3 fully saturated rings. The van der Waals surface area contributed by atoms with Gasteiger partial charge in [-0.2, -0.15) is 0 Å². The van der Waals surface area contributed by atoms with Gasteiger partial charge in [0.1, 0.15) is 0 Å². The summed E-state index contributed by atoms with van der Waals surface area (Å²) in [4.78, 5) is 0. The van der Waals surface area contributed by atoms with Crippen molar-refractivity contribution < 1.29 is 15.3 Å². The van der Waals surface area contributed by atoms with Crippen LogP contribution in [-0.2, 0) is 0 Å². The van der Waals surface area contributed by atoms with Crippen LogP contribution < -0.4 is 0 Å². The van der Waals surface area contributed by atoms with Gasteiger partial charge in [0.2, 0.25) is 0 Å². The highest BCUT2D eigenvalue weighted by atomic mass is 16.3. The third kappa shape index (κ3) is 5.29. The van der Waals surface area contributed by atoms with Crippen LogP contribution in [-0.4, -0.2) is 33.1 Å². The molecule has 3 aliphatic carbocycles. The number of fused-ring (bicyclic) bond motifs is 1. The maximum atomic E-state index is 10.9. The van der Waals surface area contributed by atoms with Crippen molar-refractivity contribution in [1.82, 2.24) is 0 Å². The normalized spacial score (nSPS) is 37.4. The van der Waals surface area contributed by atoms with Gasteiger partial charge in [0.15, 0.2) is 0 Å². The highest BCUT2D eigenvalue weighted by molar-refractivity contribution is 5.36. The van der Waals surface area contributed by atoms with E-state index in [0.29, 0.717) is 24.7 Å². The molecule has 0 aromatic carbocycles. The van der Waals surface area contributed by atoms with Gasteiger partial charge in [0, 0.05) is 0 Å². The Bertz CT molecular complexity index is 683. The van der Waals surface area contributed by atoms with Crippen LogP contribution in [0.3, 0.4) is 0 Å².